The summed E-state index contributed by atoms with van der Waals surface area (Å²) in [5, 5.41) is 0. The zero-order valence-corrected chi connectivity index (χ0v) is 8.25. The highest BCUT2D eigenvalue weighted by Crippen LogP contribution is 2.42. The molecule has 0 amide bonds. The molecule has 4 nitrogen and oxygen atoms in total. The number of carbonyl (C=O) groups is 2. The van der Waals surface area contributed by atoms with E-state index in [9.17, 15) is 9.59 Å². The lowest BCUT2D eigenvalue weighted by Gasteiger charge is -2.42. The summed E-state index contributed by atoms with van der Waals surface area (Å²) in [5.41, 5.74) is -0.990. The molecule has 0 radical (unpaired) electrons. The highest BCUT2D eigenvalue weighted by atomic mass is 16.7. The molecule has 2 rings (SSSR count). The van der Waals surface area contributed by atoms with E-state index in [4.69, 9.17) is 9.47 Å². The van der Waals surface area contributed by atoms with Gasteiger partial charge in [0.15, 0.2) is 12.2 Å². The van der Waals surface area contributed by atoms with Crippen LogP contribution >= 0.6 is 0 Å². The second kappa shape index (κ2) is 3.35. The molecule has 2 fully saturated rings. The van der Waals surface area contributed by atoms with Gasteiger partial charge in [-0.05, 0) is 19.8 Å². The van der Waals surface area contributed by atoms with Crippen LogP contribution in [0.5, 0.6) is 0 Å². The molecule has 2 aliphatic rings. The summed E-state index contributed by atoms with van der Waals surface area (Å²) >= 11 is 0. The Hall–Kier alpha value is -0.900. The summed E-state index contributed by atoms with van der Waals surface area (Å²) in [4.78, 5) is 23.3. The third-order valence-electron chi connectivity index (χ3n) is 3.29. The number of carbonyl (C=O) groups excluding carboxylic acids is 2. The lowest BCUT2D eigenvalue weighted by molar-refractivity contribution is -0.218. The van der Waals surface area contributed by atoms with Crippen LogP contribution in [0.4, 0.5) is 0 Å². The standard InChI is InChI=1S/C10H14O4/c1-7(11)10-5-3-2-4-8(10)13-6-14-9(10)12/h8H,2-6H2,1H3. The van der Waals surface area contributed by atoms with Gasteiger partial charge in [0.1, 0.15) is 5.78 Å². The van der Waals surface area contributed by atoms with E-state index in [1.807, 2.05) is 0 Å². The minimum absolute atomic E-state index is 0.00146. The van der Waals surface area contributed by atoms with E-state index in [1.54, 1.807) is 0 Å². The SMILES string of the molecule is CC(=O)C12CCCCC1OCOC2=O. The van der Waals surface area contributed by atoms with Crippen molar-refractivity contribution in [3.8, 4) is 0 Å². The summed E-state index contributed by atoms with van der Waals surface area (Å²) in [7, 11) is 0. The number of ketones is 1. The Morgan fingerprint density at radius 2 is 2.29 bits per heavy atom. The molecular formula is C10H14O4. The van der Waals surface area contributed by atoms with E-state index in [-0.39, 0.29) is 24.6 Å². The quantitative estimate of drug-likeness (QED) is 0.466. The van der Waals surface area contributed by atoms with Crippen molar-refractivity contribution in [1.82, 2.24) is 0 Å². The molecule has 14 heavy (non-hydrogen) atoms. The van der Waals surface area contributed by atoms with Gasteiger partial charge in [-0.3, -0.25) is 9.59 Å². The molecule has 2 atom stereocenters. The van der Waals surface area contributed by atoms with Crippen LogP contribution in [0.1, 0.15) is 32.6 Å². The van der Waals surface area contributed by atoms with Crippen LogP contribution < -0.4 is 0 Å². The van der Waals surface area contributed by atoms with Crippen LogP contribution in [0.2, 0.25) is 0 Å². The van der Waals surface area contributed by atoms with Crippen molar-refractivity contribution in [2.45, 2.75) is 38.7 Å². The van der Waals surface area contributed by atoms with Gasteiger partial charge in [0.25, 0.3) is 0 Å². The van der Waals surface area contributed by atoms with Gasteiger partial charge in [0.05, 0.1) is 6.10 Å². The summed E-state index contributed by atoms with van der Waals surface area (Å²) in [6.45, 7) is 1.45. The van der Waals surface area contributed by atoms with E-state index in [2.05, 4.69) is 0 Å². The van der Waals surface area contributed by atoms with Crippen molar-refractivity contribution in [2.24, 2.45) is 5.41 Å². The molecule has 78 valence electrons. The number of fused-ring (bicyclic) bond motifs is 1. The Balaban J connectivity index is 2.34. The molecule has 1 heterocycles. The molecule has 1 saturated heterocycles. The van der Waals surface area contributed by atoms with Gasteiger partial charge in [-0.15, -0.1) is 0 Å². The number of Topliss-reactive ketones (excluding diaryl/α,β-unsaturated/α-hetero) is 1. The molecular weight excluding hydrogens is 184 g/mol. The fourth-order valence-corrected chi connectivity index (χ4v) is 2.44. The monoisotopic (exact) mass is 198 g/mol. The predicted molar refractivity (Wildman–Crippen MR) is 47.4 cm³/mol. The van der Waals surface area contributed by atoms with Crippen LogP contribution in [0.25, 0.3) is 0 Å². The fourth-order valence-electron chi connectivity index (χ4n) is 2.44. The first-order valence-corrected chi connectivity index (χ1v) is 4.98. The van der Waals surface area contributed by atoms with Gasteiger partial charge in [0.2, 0.25) is 0 Å². The molecule has 0 aromatic rings. The largest absolute Gasteiger partial charge is 0.438 e. The Labute approximate surface area is 82.6 Å². The Morgan fingerprint density at radius 3 is 2.93 bits per heavy atom. The maximum Gasteiger partial charge on any atom is 0.324 e. The summed E-state index contributed by atoms with van der Waals surface area (Å²) in [6.07, 6.45) is 3.03. The molecule has 1 aliphatic carbocycles. The maximum atomic E-state index is 11.7. The van der Waals surface area contributed by atoms with Crippen molar-refractivity contribution in [2.75, 3.05) is 6.79 Å². The number of cyclic esters (lactones) is 1. The number of rotatable bonds is 1. The minimum atomic E-state index is -0.990. The molecule has 1 aliphatic heterocycles. The summed E-state index contributed by atoms with van der Waals surface area (Å²) in [5.74, 6) is -0.507. The van der Waals surface area contributed by atoms with Gasteiger partial charge in [-0.2, -0.15) is 0 Å². The van der Waals surface area contributed by atoms with Crippen molar-refractivity contribution in [3.63, 3.8) is 0 Å². The summed E-state index contributed by atoms with van der Waals surface area (Å²) in [6, 6.07) is 0. The second-order valence-corrected chi connectivity index (χ2v) is 3.98. The van der Waals surface area contributed by atoms with Gasteiger partial charge in [0, 0.05) is 0 Å². The highest BCUT2D eigenvalue weighted by Gasteiger charge is 2.55. The zero-order chi connectivity index (χ0) is 10.2. The molecule has 1 saturated carbocycles. The number of ether oxygens (including phenoxy) is 2. The zero-order valence-electron chi connectivity index (χ0n) is 8.25. The molecule has 2 unspecified atom stereocenters. The average molecular weight is 198 g/mol. The van der Waals surface area contributed by atoms with E-state index < -0.39 is 5.41 Å². The summed E-state index contributed by atoms with van der Waals surface area (Å²) < 4.78 is 10.2. The van der Waals surface area contributed by atoms with Crippen molar-refractivity contribution < 1.29 is 19.1 Å². The number of esters is 1. The third-order valence-corrected chi connectivity index (χ3v) is 3.29. The van der Waals surface area contributed by atoms with Crippen LogP contribution in [0, 0.1) is 5.41 Å². The topological polar surface area (TPSA) is 52.6 Å². The second-order valence-electron chi connectivity index (χ2n) is 3.98. The highest BCUT2D eigenvalue weighted by molar-refractivity contribution is 6.03. The molecule has 0 aromatic carbocycles. The maximum absolute atomic E-state index is 11.7. The normalized spacial score (nSPS) is 37.2. The average Bonchev–Trinajstić information content (AvgIpc) is 2.18. The van der Waals surface area contributed by atoms with Crippen LogP contribution in [-0.4, -0.2) is 24.6 Å². The minimum Gasteiger partial charge on any atom is -0.438 e. The van der Waals surface area contributed by atoms with Crippen molar-refractivity contribution in [1.29, 1.82) is 0 Å². The Morgan fingerprint density at radius 1 is 1.50 bits per heavy atom. The first-order valence-electron chi connectivity index (χ1n) is 4.98. The molecule has 4 heteroatoms. The molecule has 0 spiro atoms. The van der Waals surface area contributed by atoms with Gasteiger partial charge in [-0.1, -0.05) is 12.8 Å². The predicted octanol–water partition coefficient (Wildman–Crippen LogP) is 1.04. The lowest BCUT2D eigenvalue weighted by Crippen LogP contribution is -2.55. The van der Waals surface area contributed by atoms with E-state index >= 15 is 0 Å². The van der Waals surface area contributed by atoms with E-state index in [0.29, 0.717) is 6.42 Å². The first-order chi connectivity index (χ1) is 6.68. The smallest absolute Gasteiger partial charge is 0.324 e. The van der Waals surface area contributed by atoms with Gasteiger partial charge in [-0.25, -0.2) is 0 Å². The lowest BCUT2D eigenvalue weighted by atomic mass is 9.69. The van der Waals surface area contributed by atoms with Crippen LogP contribution in [0.15, 0.2) is 0 Å². The van der Waals surface area contributed by atoms with E-state index in [0.717, 1.165) is 19.3 Å². The van der Waals surface area contributed by atoms with Crippen LogP contribution in [-0.2, 0) is 19.1 Å². The Bertz CT molecular complexity index is 271. The third kappa shape index (κ3) is 1.17. The van der Waals surface area contributed by atoms with E-state index in [1.165, 1.54) is 6.92 Å². The van der Waals surface area contributed by atoms with Crippen LogP contribution in [0.3, 0.4) is 0 Å². The molecule has 0 aromatic heterocycles. The number of hydrogen-bond donors (Lipinski definition) is 0. The van der Waals surface area contributed by atoms with Crippen molar-refractivity contribution in [3.05, 3.63) is 0 Å². The first kappa shape index (κ1) is 9.65. The fraction of sp³-hybridized carbons (Fsp3) is 0.800. The van der Waals surface area contributed by atoms with Crippen molar-refractivity contribution >= 4 is 11.8 Å². The number of hydrogen-bond acceptors (Lipinski definition) is 4. The van der Waals surface area contributed by atoms with Gasteiger partial charge >= 0.3 is 5.97 Å². The van der Waals surface area contributed by atoms with Gasteiger partial charge < -0.3 is 9.47 Å². The Kier molecular flexibility index (Phi) is 2.31. The molecule has 0 bridgehead atoms. The molecule has 0 N–H and O–H groups in total.